The third kappa shape index (κ3) is 19.6. The summed E-state index contributed by atoms with van der Waals surface area (Å²) in [5.74, 6) is -0.332. The first kappa shape index (κ1) is 58.0. The first-order chi connectivity index (χ1) is 34.3. The number of hydrogen-bond acceptors (Lipinski definition) is 10. The van der Waals surface area contributed by atoms with Crippen molar-refractivity contribution in [3.8, 4) is 22.6 Å². The van der Waals surface area contributed by atoms with Gasteiger partial charge in [-0.25, -0.2) is 9.59 Å². The predicted octanol–water partition coefficient (Wildman–Crippen LogP) is 8.77. The number of esters is 1. The van der Waals surface area contributed by atoms with Crippen LogP contribution in [0.2, 0.25) is 0 Å². The number of carbonyl (C=O) groups is 5. The van der Waals surface area contributed by atoms with E-state index in [9.17, 15) is 24.0 Å². The molecular formula is C56H81N7O9. The van der Waals surface area contributed by atoms with Gasteiger partial charge >= 0.3 is 12.1 Å². The molecule has 3 atom stereocenters. The van der Waals surface area contributed by atoms with Crippen LogP contribution >= 0.6 is 0 Å². The Labute approximate surface area is 426 Å². The zero-order valence-corrected chi connectivity index (χ0v) is 44.3. The lowest BCUT2D eigenvalue weighted by atomic mass is 9.92. The number of alkyl carbamates (subject to hydrolysis) is 1. The second-order valence-corrected chi connectivity index (χ2v) is 20.5. The molecule has 0 aliphatic rings. The predicted molar refractivity (Wildman–Crippen MR) is 285 cm³/mol. The Hall–Kier alpha value is -6.58. The molecule has 0 radical (unpaired) electrons. The highest BCUT2D eigenvalue weighted by Crippen LogP contribution is 2.45. The van der Waals surface area contributed by atoms with Gasteiger partial charge in [0.1, 0.15) is 35.2 Å². The van der Waals surface area contributed by atoms with E-state index in [-0.39, 0.29) is 37.9 Å². The second-order valence-electron chi connectivity index (χ2n) is 20.5. The van der Waals surface area contributed by atoms with Gasteiger partial charge in [-0.2, -0.15) is 0 Å². The number of ether oxygens (including phenoxy) is 4. The molecule has 0 bridgehead atoms. The molecule has 394 valence electrons. The molecule has 4 aromatic rings. The molecule has 0 saturated heterocycles. The summed E-state index contributed by atoms with van der Waals surface area (Å²) in [7, 11) is 1.61. The Balaban J connectivity index is 1.64. The SMILES string of the molecule is CNC(=N)NCCC[C@@H](NC(=O)[C@@H](CCCCNC(=O)OC(C)(C)C)NC(=O)COc1ccc2ccccc2c1-c1c(OCCC(C)C)ccc2ccccc12)C(=O)N[C@@H](CC(C)C)C(=O)OCCC(C)C. The fourth-order valence-corrected chi connectivity index (χ4v) is 7.89. The first-order valence-electron chi connectivity index (χ1n) is 25.6. The van der Waals surface area contributed by atoms with Gasteiger partial charge in [0.25, 0.3) is 5.91 Å². The van der Waals surface area contributed by atoms with E-state index in [1.165, 1.54) is 0 Å². The first-order valence-corrected chi connectivity index (χ1v) is 25.6. The van der Waals surface area contributed by atoms with Crippen LogP contribution in [0.5, 0.6) is 11.5 Å². The minimum Gasteiger partial charge on any atom is -0.493 e. The molecule has 0 saturated carbocycles. The normalized spacial score (nSPS) is 12.7. The number of amides is 4. The molecule has 16 heteroatoms. The second kappa shape index (κ2) is 29.1. The molecule has 72 heavy (non-hydrogen) atoms. The molecule has 0 spiro atoms. The van der Waals surface area contributed by atoms with Crippen molar-refractivity contribution in [3.05, 3.63) is 72.8 Å². The lowest BCUT2D eigenvalue weighted by molar-refractivity contribution is -0.149. The fraction of sp³-hybridized carbons (Fsp3) is 0.536. The van der Waals surface area contributed by atoms with E-state index < -0.39 is 60.1 Å². The molecule has 7 N–H and O–H groups in total. The van der Waals surface area contributed by atoms with E-state index in [4.69, 9.17) is 24.4 Å². The van der Waals surface area contributed by atoms with Crippen molar-refractivity contribution in [2.24, 2.45) is 17.8 Å². The lowest BCUT2D eigenvalue weighted by Gasteiger charge is -2.26. The molecule has 4 aromatic carbocycles. The summed E-state index contributed by atoms with van der Waals surface area (Å²) in [5, 5.41) is 28.7. The monoisotopic (exact) mass is 996 g/mol. The highest BCUT2D eigenvalue weighted by atomic mass is 16.6. The van der Waals surface area contributed by atoms with Crippen LogP contribution < -0.4 is 41.4 Å². The van der Waals surface area contributed by atoms with Crippen LogP contribution in [0.4, 0.5) is 4.79 Å². The highest BCUT2D eigenvalue weighted by molar-refractivity contribution is 6.10. The molecule has 0 aromatic heterocycles. The van der Waals surface area contributed by atoms with Gasteiger partial charge in [0.2, 0.25) is 11.8 Å². The molecule has 0 aliphatic carbocycles. The standard InChI is InChI=1S/C56H81N7O9/c1-36(2)28-32-69-46-26-24-39-18-11-13-20-41(39)49(46)50-42-21-14-12-19-40(42)25-27-47(50)71-35-48(64)61-43(22-15-16-30-60-55(68)72-56(7,8)9)51(65)62-44(23-17-31-59-54(57)58-10)52(66)63-45(34-38(5)6)53(67)70-33-29-37(3)4/h11-14,18-21,24-27,36-38,43-45H,15-17,22-23,28-35H2,1-10H3,(H,60,68)(H,61,64)(H,62,65)(H,63,66)(H3,57,58,59)/t43-,44-,45+/m1/s1. The molecule has 16 nitrogen and oxygen atoms in total. The number of rotatable bonds is 28. The molecule has 0 heterocycles. The number of carbonyl (C=O) groups excluding carboxylic acids is 5. The van der Waals surface area contributed by atoms with Gasteiger partial charge in [0.15, 0.2) is 12.6 Å². The third-order valence-corrected chi connectivity index (χ3v) is 11.7. The lowest BCUT2D eigenvalue weighted by Crippen LogP contribution is -2.56. The molecule has 4 amide bonds. The van der Waals surface area contributed by atoms with E-state index in [1.807, 2.05) is 100 Å². The number of benzene rings is 4. The van der Waals surface area contributed by atoms with Gasteiger partial charge in [0.05, 0.1) is 13.2 Å². The van der Waals surface area contributed by atoms with E-state index in [1.54, 1.807) is 27.8 Å². The van der Waals surface area contributed by atoms with Crippen molar-refractivity contribution >= 4 is 57.3 Å². The van der Waals surface area contributed by atoms with Gasteiger partial charge in [0, 0.05) is 31.3 Å². The number of hydrogen-bond donors (Lipinski definition) is 7. The van der Waals surface area contributed by atoms with E-state index >= 15 is 0 Å². The zero-order valence-electron chi connectivity index (χ0n) is 44.3. The maximum absolute atomic E-state index is 14.5. The summed E-state index contributed by atoms with van der Waals surface area (Å²) in [6, 6.07) is 20.6. The number of unbranched alkanes of at least 4 members (excludes halogenated alkanes) is 1. The quantitative estimate of drug-likeness (QED) is 0.0123. The van der Waals surface area contributed by atoms with E-state index in [2.05, 4.69) is 45.7 Å². The average molecular weight is 996 g/mol. The van der Waals surface area contributed by atoms with Crippen molar-refractivity contribution in [2.45, 2.75) is 137 Å². The Morgan fingerprint density at radius 2 is 1.11 bits per heavy atom. The largest absolute Gasteiger partial charge is 0.493 e. The van der Waals surface area contributed by atoms with Crippen LogP contribution in [0.1, 0.15) is 114 Å². The van der Waals surface area contributed by atoms with Gasteiger partial charge in [-0.05, 0) is 124 Å². The van der Waals surface area contributed by atoms with Crippen molar-refractivity contribution in [2.75, 3.05) is 40.0 Å². The van der Waals surface area contributed by atoms with Crippen molar-refractivity contribution in [1.29, 1.82) is 5.41 Å². The average Bonchev–Trinajstić information content (AvgIpc) is 3.32. The van der Waals surface area contributed by atoms with Crippen molar-refractivity contribution in [3.63, 3.8) is 0 Å². The molecule has 4 rings (SSSR count). The summed E-state index contributed by atoms with van der Waals surface area (Å²) in [4.78, 5) is 68.5. The van der Waals surface area contributed by atoms with Crippen LogP contribution in [0.25, 0.3) is 32.7 Å². The van der Waals surface area contributed by atoms with Crippen LogP contribution in [0, 0.1) is 23.2 Å². The molecular weight excluding hydrogens is 915 g/mol. The van der Waals surface area contributed by atoms with Gasteiger partial charge in [-0.15, -0.1) is 0 Å². The van der Waals surface area contributed by atoms with E-state index in [0.29, 0.717) is 68.6 Å². The third-order valence-electron chi connectivity index (χ3n) is 11.7. The molecule has 0 fully saturated rings. The Morgan fingerprint density at radius 3 is 1.68 bits per heavy atom. The minimum absolute atomic E-state index is 0.0344. The van der Waals surface area contributed by atoms with Gasteiger partial charge in [-0.3, -0.25) is 19.8 Å². The summed E-state index contributed by atoms with van der Waals surface area (Å²) in [6.07, 6.45) is 2.78. The number of fused-ring (bicyclic) bond motifs is 2. The topological polar surface area (TPSA) is 218 Å². The van der Waals surface area contributed by atoms with Crippen molar-refractivity contribution in [1.82, 2.24) is 31.9 Å². The zero-order chi connectivity index (χ0) is 52.8. The Kier molecular flexibility index (Phi) is 23.4. The summed E-state index contributed by atoms with van der Waals surface area (Å²) < 4.78 is 23.9. The summed E-state index contributed by atoms with van der Waals surface area (Å²) in [5.41, 5.74) is 0.919. The summed E-state index contributed by atoms with van der Waals surface area (Å²) >= 11 is 0. The minimum atomic E-state index is -1.13. The van der Waals surface area contributed by atoms with Crippen LogP contribution in [-0.2, 0) is 28.7 Å². The van der Waals surface area contributed by atoms with Crippen LogP contribution in [0.15, 0.2) is 72.8 Å². The van der Waals surface area contributed by atoms with Gasteiger partial charge < -0.3 is 50.8 Å². The maximum Gasteiger partial charge on any atom is 0.407 e. The van der Waals surface area contributed by atoms with Crippen LogP contribution in [0.3, 0.4) is 0 Å². The Morgan fingerprint density at radius 1 is 0.583 bits per heavy atom. The molecule has 0 aliphatic heterocycles. The number of guanidine groups is 1. The fourth-order valence-electron chi connectivity index (χ4n) is 7.89. The van der Waals surface area contributed by atoms with Gasteiger partial charge in [-0.1, -0.05) is 102 Å². The Bertz CT molecular complexity index is 2420. The smallest absolute Gasteiger partial charge is 0.407 e. The van der Waals surface area contributed by atoms with E-state index in [0.717, 1.165) is 39.1 Å². The number of nitrogens with one attached hydrogen (secondary N) is 7. The molecule has 0 unspecified atom stereocenters. The maximum atomic E-state index is 14.5. The summed E-state index contributed by atoms with van der Waals surface area (Å²) in [6.45, 7) is 18.4. The highest BCUT2D eigenvalue weighted by Gasteiger charge is 2.31. The van der Waals surface area contributed by atoms with Crippen molar-refractivity contribution < 1.29 is 42.9 Å². The van der Waals surface area contributed by atoms with Crippen LogP contribution in [-0.4, -0.2) is 99.4 Å².